The van der Waals surface area contributed by atoms with E-state index in [1.54, 1.807) is 0 Å². The van der Waals surface area contributed by atoms with Crippen LogP contribution in [0.25, 0.3) is 0 Å². The average Bonchev–Trinajstić information content (AvgIpc) is 2.65. The van der Waals surface area contributed by atoms with E-state index in [1.807, 2.05) is 6.92 Å². The van der Waals surface area contributed by atoms with Gasteiger partial charge in [0.2, 0.25) is 0 Å². The molecular weight excluding hydrogens is 356 g/mol. The number of piperidine rings is 1. The van der Waals surface area contributed by atoms with Crippen molar-refractivity contribution in [3.8, 4) is 0 Å². The van der Waals surface area contributed by atoms with Crippen molar-refractivity contribution in [1.29, 1.82) is 0 Å². The Labute approximate surface area is 169 Å². The monoisotopic (exact) mass is 398 g/mol. The summed E-state index contributed by atoms with van der Waals surface area (Å²) >= 11 is 0. The van der Waals surface area contributed by atoms with E-state index in [4.69, 9.17) is 4.99 Å². The molecule has 4 atom stereocenters. The van der Waals surface area contributed by atoms with Gasteiger partial charge in [0.05, 0.1) is 0 Å². The molecule has 1 heterocycles. The zero-order chi connectivity index (χ0) is 19.6. The molecule has 1 aliphatic carbocycles. The first-order chi connectivity index (χ1) is 13.0. The Morgan fingerprint density at radius 3 is 2.74 bits per heavy atom. The number of rotatable bonds is 8. The van der Waals surface area contributed by atoms with Gasteiger partial charge in [-0.2, -0.15) is 0 Å². The predicted octanol–water partition coefficient (Wildman–Crippen LogP) is 2.99. The first-order valence-electron chi connectivity index (χ1n) is 11.2. The van der Waals surface area contributed by atoms with Gasteiger partial charge in [0, 0.05) is 54.0 Å². The Kier molecular flexibility index (Phi) is 10.1. The minimum absolute atomic E-state index is 0.354. The summed E-state index contributed by atoms with van der Waals surface area (Å²) in [5.74, 6) is 3.13. The number of hydrogen-bond donors (Lipinski definition) is 2. The molecule has 0 aromatic carbocycles. The summed E-state index contributed by atoms with van der Waals surface area (Å²) in [5.41, 5.74) is 0. The van der Waals surface area contributed by atoms with E-state index in [0.29, 0.717) is 17.2 Å². The number of likely N-dealkylation sites (tertiary alicyclic amines) is 1. The third kappa shape index (κ3) is 8.10. The normalized spacial score (nSPS) is 28.9. The summed E-state index contributed by atoms with van der Waals surface area (Å²) in [7, 11) is -0.675. The topological polar surface area (TPSA) is 56.7 Å². The van der Waals surface area contributed by atoms with E-state index in [-0.39, 0.29) is 0 Å². The third-order valence-electron chi connectivity index (χ3n) is 5.70. The van der Waals surface area contributed by atoms with E-state index < -0.39 is 10.8 Å². The van der Waals surface area contributed by atoms with E-state index in [9.17, 15) is 4.21 Å². The molecule has 1 aliphatic heterocycles. The van der Waals surface area contributed by atoms with Crippen molar-refractivity contribution < 1.29 is 4.21 Å². The Balaban J connectivity index is 1.87. The molecule has 6 heteroatoms. The molecular formula is C21H42N4OS. The quantitative estimate of drug-likeness (QED) is 0.487. The summed E-state index contributed by atoms with van der Waals surface area (Å²) in [6.45, 7) is 14.2. The van der Waals surface area contributed by atoms with Crippen LogP contribution in [0.2, 0.25) is 0 Å². The van der Waals surface area contributed by atoms with Gasteiger partial charge >= 0.3 is 0 Å². The maximum Gasteiger partial charge on any atom is 0.191 e. The summed E-state index contributed by atoms with van der Waals surface area (Å²) in [6, 6.07) is 0.404. The van der Waals surface area contributed by atoms with Crippen molar-refractivity contribution in [1.82, 2.24) is 15.5 Å². The van der Waals surface area contributed by atoms with E-state index >= 15 is 0 Å². The molecule has 0 aromatic heterocycles. The number of aliphatic imine (C=N–C) groups is 1. The fraction of sp³-hybridized carbons (Fsp3) is 0.952. The second-order valence-corrected chi connectivity index (χ2v) is 10.7. The highest BCUT2D eigenvalue weighted by Gasteiger charge is 2.26. The highest BCUT2D eigenvalue weighted by Crippen LogP contribution is 2.23. The fourth-order valence-electron chi connectivity index (χ4n) is 4.47. The van der Waals surface area contributed by atoms with Crippen LogP contribution in [-0.4, -0.2) is 64.8 Å². The van der Waals surface area contributed by atoms with Crippen molar-refractivity contribution in [2.75, 3.05) is 38.5 Å². The lowest BCUT2D eigenvalue weighted by molar-refractivity contribution is 0.162. The minimum Gasteiger partial charge on any atom is -0.357 e. The first-order valence-corrected chi connectivity index (χ1v) is 12.5. The molecule has 1 saturated heterocycles. The summed E-state index contributed by atoms with van der Waals surface area (Å²) in [4.78, 5) is 7.54. The van der Waals surface area contributed by atoms with Gasteiger partial charge in [0.1, 0.15) is 0 Å². The van der Waals surface area contributed by atoms with Crippen molar-refractivity contribution in [2.24, 2.45) is 16.8 Å². The van der Waals surface area contributed by atoms with E-state index in [0.717, 1.165) is 50.0 Å². The van der Waals surface area contributed by atoms with E-state index in [1.165, 1.54) is 38.9 Å². The lowest BCUT2D eigenvalue weighted by Gasteiger charge is -2.33. The largest absolute Gasteiger partial charge is 0.357 e. The molecule has 158 valence electrons. The second kappa shape index (κ2) is 12.1. The predicted molar refractivity (Wildman–Crippen MR) is 118 cm³/mol. The van der Waals surface area contributed by atoms with Gasteiger partial charge in [-0.1, -0.05) is 27.2 Å². The Hall–Kier alpha value is -0.620. The van der Waals surface area contributed by atoms with Crippen molar-refractivity contribution >= 4 is 16.8 Å². The molecule has 0 bridgehead atoms. The Morgan fingerprint density at radius 1 is 1.22 bits per heavy atom. The number of nitrogens with one attached hydrogen (secondary N) is 2. The van der Waals surface area contributed by atoms with Gasteiger partial charge in [-0.15, -0.1) is 0 Å². The summed E-state index contributed by atoms with van der Waals surface area (Å²) in [6.07, 6.45) is 7.03. The second-order valence-electron chi connectivity index (χ2n) is 8.68. The van der Waals surface area contributed by atoms with Crippen LogP contribution in [-0.2, 0) is 10.8 Å². The van der Waals surface area contributed by atoms with Crippen molar-refractivity contribution in [3.05, 3.63) is 0 Å². The van der Waals surface area contributed by atoms with Crippen molar-refractivity contribution in [3.63, 3.8) is 0 Å². The average molecular weight is 399 g/mol. The molecule has 2 aliphatic rings. The zero-order valence-corrected chi connectivity index (χ0v) is 18.8. The fourth-order valence-corrected chi connectivity index (χ4v) is 5.81. The van der Waals surface area contributed by atoms with Gasteiger partial charge in [-0.3, -0.25) is 9.20 Å². The zero-order valence-electron chi connectivity index (χ0n) is 18.0. The lowest BCUT2D eigenvalue weighted by atomic mass is 9.95. The van der Waals surface area contributed by atoms with Gasteiger partial charge in [0.15, 0.2) is 5.96 Å². The SMILES string of the molecule is CCNC(=NCC1CCCN(CC(C)C)C1)NC1CCCC(S(=O)CC)C1. The van der Waals surface area contributed by atoms with Crippen LogP contribution < -0.4 is 10.6 Å². The maximum atomic E-state index is 12.2. The summed E-state index contributed by atoms with van der Waals surface area (Å²) < 4.78 is 12.2. The molecule has 2 N–H and O–H groups in total. The van der Waals surface area contributed by atoms with Crippen molar-refractivity contribution in [2.45, 2.75) is 77.5 Å². The van der Waals surface area contributed by atoms with Crippen LogP contribution in [0.1, 0.15) is 66.2 Å². The molecule has 0 amide bonds. The van der Waals surface area contributed by atoms with Gasteiger partial charge < -0.3 is 15.5 Å². The molecule has 4 unspecified atom stereocenters. The molecule has 2 fully saturated rings. The third-order valence-corrected chi connectivity index (χ3v) is 7.44. The molecule has 1 saturated carbocycles. The van der Waals surface area contributed by atoms with Crippen LogP contribution in [0.15, 0.2) is 4.99 Å². The highest BCUT2D eigenvalue weighted by atomic mass is 32.2. The molecule has 0 aromatic rings. The minimum atomic E-state index is -0.675. The standard InChI is InChI=1S/C21H42N4OS/c1-5-22-21(24-19-10-7-11-20(13-19)27(26)6-2)23-14-18-9-8-12-25(16-18)15-17(3)4/h17-20H,5-16H2,1-4H3,(H2,22,23,24). The molecule has 0 spiro atoms. The molecule has 5 nitrogen and oxygen atoms in total. The number of hydrogen-bond acceptors (Lipinski definition) is 3. The van der Waals surface area contributed by atoms with Crippen LogP contribution in [0.3, 0.4) is 0 Å². The van der Waals surface area contributed by atoms with Crippen LogP contribution >= 0.6 is 0 Å². The number of guanidine groups is 1. The Morgan fingerprint density at radius 2 is 2.04 bits per heavy atom. The highest BCUT2D eigenvalue weighted by molar-refractivity contribution is 7.85. The van der Waals surface area contributed by atoms with Crippen LogP contribution in [0, 0.1) is 11.8 Å². The smallest absolute Gasteiger partial charge is 0.191 e. The first kappa shape index (κ1) is 22.7. The van der Waals surface area contributed by atoms with E-state index in [2.05, 4.69) is 36.3 Å². The lowest BCUT2D eigenvalue weighted by Crippen LogP contribution is -2.47. The van der Waals surface area contributed by atoms with Gasteiger partial charge in [0.25, 0.3) is 0 Å². The maximum absolute atomic E-state index is 12.2. The molecule has 0 radical (unpaired) electrons. The number of nitrogens with zero attached hydrogens (tertiary/aromatic N) is 2. The van der Waals surface area contributed by atoms with Crippen LogP contribution in [0.5, 0.6) is 0 Å². The van der Waals surface area contributed by atoms with Gasteiger partial charge in [-0.25, -0.2) is 0 Å². The molecule has 2 rings (SSSR count). The Bertz CT molecular complexity index is 483. The molecule has 27 heavy (non-hydrogen) atoms. The van der Waals surface area contributed by atoms with Crippen LogP contribution in [0.4, 0.5) is 0 Å². The van der Waals surface area contributed by atoms with Gasteiger partial charge in [-0.05, 0) is 57.4 Å². The summed E-state index contributed by atoms with van der Waals surface area (Å²) in [5, 5.41) is 7.41.